The van der Waals surface area contributed by atoms with Crippen molar-refractivity contribution in [2.45, 2.75) is 33.1 Å². The zero-order chi connectivity index (χ0) is 14.3. The molecule has 0 bridgehead atoms. The summed E-state index contributed by atoms with van der Waals surface area (Å²) in [5.41, 5.74) is -0.0528. The first kappa shape index (κ1) is 15.6. The second-order valence-electron chi connectivity index (χ2n) is 4.84. The van der Waals surface area contributed by atoms with Gasteiger partial charge in [-0.05, 0) is 36.8 Å². The molecule has 0 heterocycles. The van der Waals surface area contributed by atoms with Crippen LogP contribution in [0.3, 0.4) is 0 Å². The Kier molecular flexibility index (Phi) is 5.96. The topological polar surface area (TPSA) is 49.3 Å². The van der Waals surface area contributed by atoms with Crippen molar-refractivity contribution in [2.24, 2.45) is 5.41 Å². The van der Waals surface area contributed by atoms with Crippen LogP contribution in [0.15, 0.2) is 24.3 Å². The zero-order valence-corrected chi connectivity index (χ0v) is 11.6. The molecule has 0 radical (unpaired) electrons. The van der Waals surface area contributed by atoms with E-state index in [0.717, 1.165) is 12.8 Å². The van der Waals surface area contributed by atoms with E-state index >= 15 is 0 Å². The van der Waals surface area contributed by atoms with Gasteiger partial charge in [0.05, 0.1) is 5.56 Å². The summed E-state index contributed by atoms with van der Waals surface area (Å²) in [4.78, 5) is 11.9. The Morgan fingerprint density at radius 1 is 1.32 bits per heavy atom. The summed E-state index contributed by atoms with van der Waals surface area (Å²) in [6.45, 7) is 4.62. The fourth-order valence-electron chi connectivity index (χ4n) is 2.19. The van der Waals surface area contributed by atoms with E-state index in [1.165, 1.54) is 12.1 Å². The smallest absolute Gasteiger partial charge is 0.254 e. The van der Waals surface area contributed by atoms with Crippen LogP contribution in [0.25, 0.3) is 0 Å². The Morgan fingerprint density at radius 2 is 1.95 bits per heavy atom. The van der Waals surface area contributed by atoms with E-state index in [-0.39, 0.29) is 17.6 Å². The first-order valence-corrected chi connectivity index (χ1v) is 6.72. The van der Waals surface area contributed by atoms with Gasteiger partial charge in [-0.15, -0.1) is 0 Å². The maximum atomic E-state index is 13.5. The molecule has 0 aliphatic carbocycles. The average Bonchev–Trinajstić information content (AvgIpc) is 2.44. The third-order valence-corrected chi connectivity index (χ3v) is 3.88. The van der Waals surface area contributed by atoms with Crippen LogP contribution in [0.1, 0.15) is 43.5 Å². The van der Waals surface area contributed by atoms with Crippen molar-refractivity contribution >= 4 is 5.91 Å². The Morgan fingerprint density at radius 3 is 2.47 bits per heavy atom. The van der Waals surface area contributed by atoms with Gasteiger partial charge >= 0.3 is 0 Å². The highest BCUT2D eigenvalue weighted by Crippen LogP contribution is 2.29. The van der Waals surface area contributed by atoms with Gasteiger partial charge in [-0.1, -0.05) is 26.0 Å². The minimum absolute atomic E-state index is 0.0626. The number of amides is 1. The van der Waals surface area contributed by atoms with Crippen LogP contribution >= 0.6 is 0 Å². The summed E-state index contributed by atoms with van der Waals surface area (Å²) in [6.07, 6.45) is 2.36. The van der Waals surface area contributed by atoms with E-state index in [2.05, 4.69) is 5.32 Å². The molecule has 0 saturated carbocycles. The van der Waals surface area contributed by atoms with Crippen molar-refractivity contribution in [3.8, 4) is 0 Å². The lowest BCUT2D eigenvalue weighted by molar-refractivity contribution is 0.0903. The Bertz CT molecular complexity index is 416. The molecule has 0 aliphatic rings. The molecule has 0 aromatic heterocycles. The number of aliphatic hydroxyl groups is 1. The number of carbonyl (C=O) groups excluding carboxylic acids is 1. The molecule has 0 atom stereocenters. The molecule has 1 aromatic rings. The monoisotopic (exact) mass is 267 g/mol. The van der Waals surface area contributed by atoms with Crippen LogP contribution in [0.4, 0.5) is 4.39 Å². The molecular weight excluding hydrogens is 245 g/mol. The van der Waals surface area contributed by atoms with Gasteiger partial charge < -0.3 is 10.4 Å². The highest BCUT2D eigenvalue weighted by molar-refractivity contribution is 5.94. The van der Waals surface area contributed by atoms with Crippen LogP contribution in [0.2, 0.25) is 0 Å². The average molecular weight is 267 g/mol. The summed E-state index contributed by atoms with van der Waals surface area (Å²) in [7, 11) is 0. The van der Waals surface area contributed by atoms with Crippen molar-refractivity contribution < 1.29 is 14.3 Å². The number of nitrogens with one attached hydrogen (secondary N) is 1. The van der Waals surface area contributed by atoms with Crippen LogP contribution in [0.5, 0.6) is 0 Å². The first-order valence-electron chi connectivity index (χ1n) is 6.72. The molecule has 1 amide bonds. The predicted octanol–water partition coefficient (Wildman–Crippen LogP) is 2.74. The standard InChI is InChI=1S/C15H22FNO2/c1-3-15(4-2,9-10-18)11-17-14(19)12-7-5-6-8-13(12)16/h5-8,18H,3-4,9-11H2,1-2H3,(H,17,19). The van der Waals surface area contributed by atoms with Crippen LogP contribution in [-0.4, -0.2) is 24.2 Å². The van der Waals surface area contributed by atoms with Crippen molar-refractivity contribution in [1.82, 2.24) is 5.32 Å². The van der Waals surface area contributed by atoms with Crippen molar-refractivity contribution in [3.05, 3.63) is 35.6 Å². The molecule has 19 heavy (non-hydrogen) atoms. The third-order valence-electron chi connectivity index (χ3n) is 3.88. The Hall–Kier alpha value is -1.42. The first-order chi connectivity index (χ1) is 9.08. The number of hydrogen-bond acceptors (Lipinski definition) is 2. The fourth-order valence-corrected chi connectivity index (χ4v) is 2.19. The normalized spacial score (nSPS) is 11.4. The summed E-state index contributed by atoms with van der Waals surface area (Å²) < 4.78 is 13.5. The molecule has 0 spiro atoms. The molecule has 0 fully saturated rings. The van der Waals surface area contributed by atoms with Crippen LogP contribution < -0.4 is 5.32 Å². The van der Waals surface area contributed by atoms with E-state index < -0.39 is 11.7 Å². The number of halogens is 1. The van der Waals surface area contributed by atoms with Gasteiger partial charge in [-0.3, -0.25) is 4.79 Å². The van der Waals surface area contributed by atoms with Crippen LogP contribution in [-0.2, 0) is 0 Å². The molecule has 0 saturated heterocycles. The lowest BCUT2D eigenvalue weighted by Crippen LogP contribution is -2.38. The molecule has 0 aliphatic heterocycles. The largest absolute Gasteiger partial charge is 0.396 e. The van der Waals surface area contributed by atoms with Gasteiger partial charge in [0.2, 0.25) is 0 Å². The molecular formula is C15H22FNO2. The van der Waals surface area contributed by atoms with E-state index in [0.29, 0.717) is 13.0 Å². The number of carbonyl (C=O) groups is 1. The summed E-state index contributed by atoms with van der Waals surface area (Å²) in [5, 5.41) is 11.9. The van der Waals surface area contributed by atoms with Gasteiger partial charge in [0.25, 0.3) is 5.91 Å². The maximum Gasteiger partial charge on any atom is 0.254 e. The summed E-state index contributed by atoms with van der Waals surface area (Å²) in [5.74, 6) is -0.914. The third kappa shape index (κ3) is 4.03. The summed E-state index contributed by atoms with van der Waals surface area (Å²) >= 11 is 0. The quantitative estimate of drug-likeness (QED) is 0.798. The van der Waals surface area contributed by atoms with Gasteiger partial charge in [0.15, 0.2) is 0 Å². The fraction of sp³-hybridized carbons (Fsp3) is 0.533. The van der Waals surface area contributed by atoms with Crippen LogP contribution in [0, 0.1) is 11.2 Å². The Labute approximate surface area is 113 Å². The molecule has 4 heteroatoms. The van der Waals surface area contributed by atoms with Gasteiger partial charge in [0, 0.05) is 13.2 Å². The van der Waals surface area contributed by atoms with E-state index in [9.17, 15) is 9.18 Å². The predicted molar refractivity (Wildman–Crippen MR) is 73.5 cm³/mol. The number of hydrogen-bond donors (Lipinski definition) is 2. The van der Waals surface area contributed by atoms with Crippen molar-refractivity contribution in [1.29, 1.82) is 0 Å². The molecule has 0 unspecified atom stereocenters. The van der Waals surface area contributed by atoms with Crippen molar-refractivity contribution in [3.63, 3.8) is 0 Å². The second-order valence-corrected chi connectivity index (χ2v) is 4.84. The number of rotatable bonds is 7. The van der Waals surface area contributed by atoms with Gasteiger partial charge in [0.1, 0.15) is 5.82 Å². The van der Waals surface area contributed by atoms with Crippen molar-refractivity contribution in [2.75, 3.05) is 13.2 Å². The van der Waals surface area contributed by atoms with E-state index in [1.807, 2.05) is 13.8 Å². The maximum absolute atomic E-state index is 13.5. The number of aliphatic hydroxyl groups excluding tert-OH is 1. The molecule has 1 aromatic carbocycles. The minimum atomic E-state index is -0.513. The lowest BCUT2D eigenvalue weighted by Gasteiger charge is -2.31. The van der Waals surface area contributed by atoms with E-state index in [1.54, 1.807) is 12.1 Å². The highest BCUT2D eigenvalue weighted by atomic mass is 19.1. The zero-order valence-electron chi connectivity index (χ0n) is 11.6. The SMILES string of the molecule is CCC(CC)(CCO)CNC(=O)c1ccccc1F. The highest BCUT2D eigenvalue weighted by Gasteiger charge is 2.26. The van der Waals surface area contributed by atoms with Gasteiger partial charge in [-0.25, -0.2) is 4.39 Å². The number of benzene rings is 1. The minimum Gasteiger partial charge on any atom is -0.396 e. The molecule has 2 N–H and O–H groups in total. The van der Waals surface area contributed by atoms with Gasteiger partial charge in [-0.2, -0.15) is 0 Å². The molecule has 3 nitrogen and oxygen atoms in total. The summed E-state index contributed by atoms with van der Waals surface area (Å²) in [6, 6.07) is 5.94. The van der Waals surface area contributed by atoms with E-state index in [4.69, 9.17) is 5.11 Å². The lowest BCUT2D eigenvalue weighted by atomic mass is 9.79. The Balaban J connectivity index is 2.70. The molecule has 1 rings (SSSR count). The molecule has 106 valence electrons. The second kappa shape index (κ2) is 7.24.